The van der Waals surface area contributed by atoms with Crippen molar-refractivity contribution in [1.29, 1.82) is 0 Å². The van der Waals surface area contributed by atoms with Gasteiger partial charge in [0.2, 0.25) is 11.8 Å². The van der Waals surface area contributed by atoms with E-state index < -0.39 is 48.3 Å². The fourth-order valence-electron chi connectivity index (χ4n) is 2.96. The maximum Gasteiger partial charge on any atom is 0.326 e. The van der Waals surface area contributed by atoms with Crippen LogP contribution in [0.2, 0.25) is 0 Å². The summed E-state index contributed by atoms with van der Waals surface area (Å²) >= 11 is 0. The lowest BCUT2D eigenvalue weighted by Crippen LogP contribution is -2.55. The zero-order chi connectivity index (χ0) is 23.7. The molecule has 7 N–H and O–H groups in total. The number of carboxylic acids is 2. The van der Waals surface area contributed by atoms with Crippen molar-refractivity contribution >= 4 is 23.8 Å². The van der Waals surface area contributed by atoms with Gasteiger partial charge < -0.3 is 31.7 Å². The smallest absolute Gasteiger partial charge is 0.326 e. The predicted octanol–water partition coefficient (Wildman–Crippen LogP) is 0.0336. The van der Waals surface area contributed by atoms with E-state index >= 15 is 0 Å². The number of aromatic hydroxyl groups is 1. The summed E-state index contributed by atoms with van der Waals surface area (Å²) in [6, 6.07) is 10.7. The molecule has 0 aliphatic carbocycles. The molecule has 0 aliphatic rings. The highest BCUT2D eigenvalue weighted by Gasteiger charge is 2.29. The molecule has 2 rings (SSSR count). The Morgan fingerprint density at radius 1 is 0.781 bits per heavy atom. The second kappa shape index (κ2) is 11.5. The van der Waals surface area contributed by atoms with Crippen LogP contribution >= 0.6 is 0 Å². The topological polar surface area (TPSA) is 179 Å². The molecule has 0 aliphatic heterocycles. The van der Waals surface area contributed by atoms with E-state index in [0.29, 0.717) is 11.1 Å². The van der Waals surface area contributed by atoms with Crippen molar-refractivity contribution in [2.75, 3.05) is 0 Å². The Morgan fingerprint density at radius 3 is 1.88 bits per heavy atom. The molecule has 32 heavy (non-hydrogen) atoms. The van der Waals surface area contributed by atoms with Gasteiger partial charge in [0.05, 0.1) is 12.5 Å². The Hall–Kier alpha value is -3.92. The van der Waals surface area contributed by atoms with Crippen LogP contribution in [0.3, 0.4) is 0 Å². The summed E-state index contributed by atoms with van der Waals surface area (Å²) in [6.07, 6.45) is -0.638. The van der Waals surface area contributed by atoms with E-state index in [-0.39, 0.29) is 18.6 Å². The molecule has 0 heterocycles. The number of nitrogens with two attached hydrogens (primary N) is 1. The van der Waals surface area contributed by atoms with Gasteiger partial charge in [-0.25, -0.2) is 4.79 Å². The normalized spacial score (nSPS) is 13.4. The van der Waals surface area contributed by atoms with Crippen molar-refractivity contribution in [2.45, 2.75) is 37.4 Å². The number of hydrogen-bond acceptors (Lipinski definition) is 6. The number of carbonyl (C=O) groups excluding carboxylic acids is 2. The highest BCUT2D eigenvalue weighted by Crippen LogP contribution is 2.12. The number of nitrogens with one attached hydrogen (secondary N) is 2. The van der Waals surface area contributed by atoms with Crippen LogP contribution in [-0.4, -0.2) is 57.2 Å². The van der Waals surface area contributed by atoms with Crippen LogP contribution in [0, 0.1) is 0 Å². The summed E-state index contributed by atoms with van der Waals surface area (Å²) in [7, 11) is 0. The summed E-state index contributed by atoms with van der Waals surface area (Å²) in [6.45, 7) is 0. The number of rotatable bonds is 11. The molecule has 2 aromatic rings. The van der Waals surface area contributed by atoms with Gasteiger partial charge in [0.1, 0.15) is 17.8 Å². The van der Waals surface area contributed by atoms with Gasteiger partial charge in [0.15, 0.2) is 0 Å². The molecule has 3 atom stereocenters. The highest BCUT2D eigenvalue weighted by atomic mass is 16.4. The van der Waals surface area contributed by atoms with E-state index in [9.17, 15) is 29.4 Å². The molecule has 2 amide bonds. The quantitative estimate of drug-likeness (QED) is 0.281. The molecule has 0 saturated carbocycles. The van der Waals surface area contributed by atoms with Crippen LogP contribution in [0.15, 0.2) is 54.6 Å². The number of phenolic OH excluding ortho intramolecular Hbond substituents is 1. The molecule has 0 aromatic heterocycles. The van der Waals surface area contributed by atoms with Crippen LogP contribution in [0.1, 0.15) is 17.5 Å². The number of benzene rings is 2. The minimum atomic E-state index is -1.39. The van der Waals surface area contributed by atoms with Gasteiger partial charge in [-0.2, -0.15) is 0 Å². The molecule has 2 aromatic carbocycles. The maximum absolute atomic E-state index is 12.9. The molecule has 10 heteroatoms. The molecule has 0 bridgehead atoms. The van der Waals surface area contributed by atoms with Crippen molar-refractivity contribution in [3.05, 3.63) is 65.7 Å². The average molecular weight is 443 g/mol. The first-order valence-electron chi connectivity index (χ1n) is 9.78. The zero-order valence-corrected chi connectivity index (χ0v) is 17.1. The van der Waals surface area contributed by atoms with Gasteiger partial charge in [-0.05, 0) is 23.3 Å². The van der Waals surface area contributed by atoms with Gasteiger partial charge >= 0.3 is 11.9 Å². The molecule has 0 radical (unpaired) electrons. The lowest BCUT2D eigenvalue weighted by molar-refractivity contribution is -0.142. The van der Waals surface area contributed by atoms with E-state index in [1.807, 2.05) is 0 Å². The van der Waals surface area contributed by atoms with Crippen LogP contribution in [0.5, 0.6) is 5.75 Å². The summed E-state index contributed by atoms with van der Waals surface area (Å²) < 4.78 is 0. The van der Waals surface area contributed by atoms with Gasteiger partial charge in [-0.15, -0.1) is 0 Å². The van der Waals surface area contributed by atoms with E-state index in [2.05, 4.69) is 10.6 Å². The summed E-state index contributed by atoms with van der Waals surface area (Å²) in [4.78, 5) is 47.7. The number of hydrogen-bond donors (Lipinski definition) is 6. The lowest BCUT2D eigenvalue weighted by atomic mass is 10.0. The number of phenols is 1. The van der Waals surface area contributed by atoms with Gasteiger partial charge in [0.25, 0.3) is 0 Å². The Morgan fingerprint density at radius 2 is 1.31 bits per heavy atom. The molecular formula is C22H25N3O7. The number of aliphatic carboxylic acids is 2. The second-order valence-corrected chi connectivity index (χ2v) is 7.23. The third-order valence-electron chi connectivity index (χ3n) is 4.64. The van der Waals surface area contributed by atoms with Gasteiger partial charge in [-0.1, -0.05) is 42.5 Å². The first-order valence-corrected chi connectivity index (χ1v) is 9.78. The van der Waals surface area contributed by atoms with Gasteiger partial charge in [-0.3, -0.25) is 14.4 Å². The molecule has 3 unspecified atom stereocenters. The highest BCUT2D eigenvalue weighted by molar-refractivity contribution is 5.93. The van der Waals surface area contributed by atoms with E-state index in [0.717, 1.165) is 0 Å². The largest absolute Gasteiger partial charge is 0.508 e. The number of carboxylic acid groups (broad SMARTS) is 2. The van der Waals surface area contributed by atoms with E-state index in [1.165, 1.54) is 24.3 Å². The molecule has 10 nitrogen and oxygen atoms in total. The predicted molar refractivity (Wildman–Crippen MR) is 114 cm³/mol. The molecular weight excluding hydrogens is 418 g/mol. The lowest BCUT2D eigenvalue weighted by Gasteiger charge is -2.23. The van der Waals surface area contributed by atoms with Crippen molar-refractivity contribution in [1.82, 2.24) is 10.6 Å². The Bertz CT molecular complexity index is 948. The molecule has 170 valence electrons. The Balaban J connectivity index is 2.18. The van der Waals surface area contributed by atoms with Crippen molar-refractivity contribution < 1.29 is 34.5 Å². The third-order valence-corrected chi connectivity index (χ3v) is 4.64. The fourth-order valence-corrected chi connectivity index (χ4v) is 2.96. The molecule has 0 spiro atoms. The minimum Gasteiger partial charge on any atom is -0.508 e. The Kier molecular flexibility index (Phi) is 8.72. The summed E-state index contributed by atoms with van der Waals surface area (Å²) in [5, 5.41) is 32.6. The first kappa shape index (κ1) is 24.4. The van der Waals surface area contributed by atoms with E-state index in [4.69, 9.17) is 10.8 Å². The molecule has 0 fully saturated rings. The average Bonchev–Trinajstić information content (AvgIpc) is 2.74. The monoisotopic (exact) mass is 443 g/mol. The first-order chi connectivity index (χ1) is 15.2. The standard InChI is InChI=1S/C22H25N3O7/c23-16(12-19(27)28)20(29)24-17(10-14-6-8-15(26)9-7-14)21(30)25-18(22(31)32)11-13-4-2-1-3-5-13/h1-9,16-18,26H,10-12,23H2,(H,24,29)(H,25,30)(H,27,28)(H,31,32). The van der Waals surface area contributed by atoms with Crippen LogP contribution in [0.4, 0.5) is 0 Å². The summed E-state index contributed by atoms with van der Waals surface area (Å²) in [5.41, 5.74) is 6.85. The maximum atomic E-state index is 12.9. The van der Waals surface area contributed by atoms with Crippen LogP contribution < -0.4 is 16.4 Å². The minimum absolute atomic E-state index is 0.0102. The van der Waals surface area contributed by atoms with Gasteiger partial charge in [0, 0.05) is 12.8 Å². The van der Waals surface area contributed by atoms with Crippen molar-refractivity contribution in [2.24, 2.45) is 5.73 Å². The Labute approximate surface area is 184 Å². The van der Waals surface area contributed by atoms with Crippen molar-refractivity contribution in [3.8, 4) is 5.75 Å². The molecule has 0 saturated heterocycles. The van der Waals surface area contributed by atoms with E-state index in [1.54, 1.807) is 30.3 Å². The van der Waals surface area contributed by atoms with Crippen molar-refractivity contribution in [3.63, 3.8) is 0 Å². The van der Waals surface area contributed by atoms with Crippen LogP contribution in [-0.2, 0) is 32.0 Å². The third kappa shape index (κ3) is 7.73. The zero-order valence-electron chi connectivity index (χ0n) is 17.1. The fraction of sp³-hybridized carbons (Fsp3) is 0.273. The summed E-state index contributed by atoms with van der Waals surface area (Å²) in [5.74, 6) is -4.14. The number of carbonyl (C=O) groups is 4. The second-order valence-electron chi connectivity index (χ2n) is 7.23. The van der Waals surface area contributed by atoms with Crippen LogP contribution in [0.25, 0.3) is 0 Å². The SMILES string of the molecule is NC(CC(=O)O)C(=O)NC(Cc1ccc(O)cc1)C(=O)NC(Cc1ccccc1)C(=O)O. The number of amides is 2.